The summed E-state index contributed by atoms with van der Waals surface area (Å²) in [6, 6.07) is 2.23. The van der Waals surface area contributed by atoms with E-state index in [-0.39, 0.29) is 29.2 Å². The third-order valence-electron chi connectivity index (χ3n) is 5.66. The number of likely N-dealkylation sites (tertiary alicyclic amines) is 1. The Morgan fingerprint density at radius 1 is 1.17 bits per heavy atom. The van der Waals surface area contributed by atoms with Gasteiger partial charge in [0.05, 0.1) is 5.54 Å². The van der Waals surface area contributed by atoms with Gasteiger partial charge in [-0.1, -0.05) is 17.3 Å². The number of carbonyl (C=O) groups is 2. The molecule has 3 rings (SSSR count). The first kappa shape index (κ1) is 22.1. The lowest BCUT2D eigenvalue weighted by molar-refractivity contribution is -0.125. The Bertz CT molecular complexity index is 856. The molecule has 1 saturated carbocycles. The topological polar surface area (TPSA) is 88.1 Å². The summed E-state index contributed by atoms with van der Waals surface area (Å²) in [5.41, 5.74) is -2.02. The molecule has 4 atom stereocenters. The summed E-state index contributed by atoms with van der Waals surface area (Å²) in [7, 11) is 0. The van der Waals surface area contributed by atoms with Crippen LogP contribution < -0.4 is 5.32 Å². The molecule has 2 unspecified atom stereocenters. The van der Waals surface area contributed by atoms with Gasteiger partial charge in [-0.15, -0.1) is 0 Å². The van der Waals surface area contributed by atoms with Crippen molar-refractivity contribution in [1.82, 2.24) is 10.2 Å². The first-order valence-electron chi connectivity index (χ1n) is 9.92. The van der Waals surface area contributed by atoms with E-state index >= 15 is 0 Å². The van der Waals surface area contributed by atoms with Gasteiger partial charge in [-0.2, -0.15) is 4.91 Å². The fourth-order valence-corrected chi connectivity index (χ4v) is 4.17. The highest BCUT2D eigenvalue weighted by Gasteiger charge is 2.61. The van der Waals surface area contributed by atoms with Crippen LogP contribution in [-0.4, -0.2) is 41.1 Å². The highest BCUT2D eigenvalue weighted by atomic mass is 19.2. The summed E-state index contributed by atoms with van der Waals surface area (Å²) < 4.78 is 33.1. The van der Waals surface area contributed by atoms with Crippen LogP contribution in [0, 0.1) is 34.3 Å². The fraction of sp³-hybridized carbons (Fsp3) is 0.619. The van der Waals surface area contributed by atoms with Crippen molar-refractivity contribution < 1.29 is 23.1 Å². The molecule has 164 valence electrons. The Hall–Kier alpha value is -2.58. The zero-order chi connectivity index (χ0) is 22.4. The van der Waals surface area contributed by atoms with E-state index in [9.17, 15) is 23.3 Å². The average Bonchev–Trinajstić information content (AvgIpc) is 3.11. The van der Waals surface area contributed by atoms with Crippen molar-refractivity contribution in [2.75, 3.05) is 13.1 Å². The van der Waals surface area contributed by atoms with Crippen LogP contribution in [0.2, 0.25) is 0 Å². The van der Waals surface area contributed by atoms with E-state index in [1.165, 1.54) is 12.1 Å². The Labute approximate surface area is 174 Å². The first-order valence-corrected chi connectivity index (χ1v) is 9.92. The predicted molar refractivity (Wildman–Crippen MR) is 105 cm³/mol. The third-order valence-corrected chi connectivity index (χ3v) is 5.66. The Balaban J connectivity index is 1.62. The second kappa shape index (κ2) is 7.59. The summed E-state index contributed by atoms with van der Waals surface area (Å²) >= 11 is 0. The normalized spacial score (nSPS) is 24.1. The molecule has 1 aromatic carbocycles. The number of nitrogens with one attached hydrogen (secondary N) is 1. The lowest BCUT2D eigenvalue weighted by atomic mass is 9.88. The molecule has 2 aliphatic rings. The molecule has 2 amide bonds. The van der Waals surface area contributed by atoms with Crippen LogP contribution in [0.25, 0.3) is 0 Å². The number of benzene rings is 1. The number of ether oxygens (including phenoxy) is 1. The fourth-order valence-electron chi connectivity index (χ4n) is 4.17. The van der Waals surface area contributed by atoms with Gasteiger partial charge >= 0.3 is 6.09 Å². The SMILES string of the molecule is CC(C)(C)OC(=O)N1C[C@@H]2C(C(=O)NC(C)(C)C(N=O)c3cccc(F)c3F)[C@@H]2C1. The van der Waals surface area contributed by atoms with Gasteiger partial charge in [-0.3, -0.25) is 4.79 Å². The molecule has 2 fully saturated rings. The van der Waals surface area contributed by atoms with E-state index in [1.807, 2.05) is 0 Å². The second-order valence-corrected chi connectivity index (χ2v) is 9.60. The number of fused-ring (bicyclic) bond motifs is 1. The maximum Gasteiger partial charge on any atom is 0.410 e. The Morgan fingerprint density at radius 2 is 1.77 bits per heavy atom. The van der Waals surface area contributed by atoms with Crippen LogP contribution >= 0.6 is 0 Å². The van der Waals surface area contributed by atoms with E-state index < -0.39 is 34.9 Å². The molecule has 1 aliphatic carbocycles. The second-order valence-electron chi connectivity index (χ2n) is 9.60. The average molecular weight is 423 g/mol. The lowest BCUT2D eigenvalue weighted by Crippen LogP contribution is -2.49. The molecule has 1 N–H and O–H groups in total. The van der Waals surface area contributed by atoms with E-state index in [0.29, 0.717) is 13.1 Å². The number of hydrogen-bond donors (Lipinski definition) is 1. The minimum absolute atomic E-state index is 0.0156. The van der Waals surface area contributed by atoms with E-state index in [2.05, 4.69) is 10.5 Å². The molecule has 30 heavy (non-hydrogen) atoms. The summed E-state index contributed by atoms with van der Waals surface area (Å²) in [6.07, 6.45) is -0.402. The molecule has 0 aromatic heterocycles. The lowest BCUT2D eigenvalue weighted by Gasteiger charge is -2.32. The number of rotatable bonds is 5. The number of nitroso groups, excluding NO2 is 1. The molecule has 0 spiro atoms. The van der Waals surface area contributed by atoms with Gasteiger partial charge in [0.25, 0.3) is 0 Å². The number of nitrogens with zero attached hydrogens (tertiary/aromatic N) is 2. The molecule has 9 heteroatoms. The molecule has 0 radical (unpaired) electrons. The van der Waals surface area contributed by atoms with Crippen molar-refractivity contribution in [2.24, 2.45) is 22.9 Å². The number of hydrogen-bond acceptors (Lipinski definition) is 5. The van der Waals surface area contributed by atoms with E-state index in [4.69, 9.17) is 4.74 Å². The van der Waals surface area contributed by atoms with Crippen LogP contribution in [0.1, 0.15) is 46.2 Å². The highest BCUT2D eigenvalue weighted by molar-refractivity contribution is 5.84. The van der Waals surface area contributed by atoms with Crippen LogP contribution in [0.15, 0.2) is 23.4 Å². The summed E-state index contributed by atoms with van der Waals surface area (Å²) in [4.78, 5) is 38.0. The smallest absolute Gasteiger partial charge is 0.410 e. The number of halogens is 2. The van der Waals surface area contributed by atoms with Crippen molar-refractivity contribution in [2.45, 2.75) is 51.8 Å². The number of amides is 2. The molecule has 1 saturated heterocycles. The first-order chi connectivity index (χ1) is 13.9. The van der Waals surface area contributed by atoms with Crippen molar-refractivity contribution >= 4 is 12.0 Å². The molecule has 7 nitrogen and oxygen atoms in total. The van der Waals surface area contributed by atoms with Crippen LogP contribution in [0.3, 0.4) is 0 Å². The van der Waals surface area contributed by atoms with E-state index in [1.54, 1.807) is 39.5 Å². The van der Waals surface area contributed by atoms with Gasteiger partial charge < -0.3 is 15.0 Å². The minimum atomic E-state index is -1.30. The summed E-state index contributed by atoms with van der Waals surface area (Å²) in [6.45, 7) is 9.31. The maximum atomic E-state index is 14.2. The molecule has 0 bridgehead atoms. The summed E-state index contributed by atoms with van der Waals surface area (Å²) in [5.74, 6) is -2.79. The predicted octanol–water partition coefficient (Wildman–Crippen LogP) is 3.78. The number of piperidine rings is 1. The van der Waals surface area contributed by atoms with E-state index in [0.717, 1.165) is 6.07 Å². The molecular formula is C21H27F2N3O4. The quantitative estimate of drug-likeness (QED) is 0.730. The standard InChI is InChI=1S/C21H27F2N3O4/c1-20(2,3)30-19(28)26-9-12-13(10-26)15(12)18(27)24-21(4,5)17(25-29)11-7-6-8-14(22)16(11)23/h6-8,12-13,15,17H,9-10H2,1-5H3,(H,24,27)/t12-,13+,15?,17?. The van der Waals surface area contributed by atoms with Crippen molar-refractivity contribution in [3.63, 3.8) is 0 Å². The minimum Gasteiger partial charge on any atom is -0.444 e. The van der Waals surface area contributed by atoms with Gasteiger partial charge in [0.15, 0.2) is 11.6 Å². The monoisotopic (exact) mass is 423 g/mol. The van der Waals surface area contributed by atoms with Crippen LogP contribution in [0.4, 0.5) is 13.6 Å². The Kier molecular flexibility index (Phi) is 5.60. The van der Waals surface area contributed by atoms with Gasteiger partial charge in [0, 0.05) is 24.6 Å². The highest BCUT2D eigenvalue weighted by Crippen LogP contribution is 2.52. The Morgan fingerprint density at radius 3 is 2.30 bits per heavy atom. The molecule has 1 heterocycles. The van der Waals surface area contributed by atoms with Crippen molar-refractivity contribution in [1.29, 1.82) is 0 Å². The van der Waals surface area contributed by atoms with Gasteiger partial charge in [-0.25, -0.2) is 13.6 Å². The van der Waals surface area contributed by atoms with Crippen molar-refractivity contribution in [3.05, 3.63) is 40.3 Å². The van der Waals surface area contributed by atoms with Crippen molar-refractivity contribution in [3.8, 4) is 0 Å². The zero-order valence-corrected chi connectivity index (χ0v) is 17.7. The molecule has 1 aliphatic heterocycles. The third kappa shape index (κ3) is 4.29. The molecular weight excluding hydrogens is 396 g/mol. The molecule has 1 aromatic rings. The van der Waals surface area contributed by atoms with Gasteiger partial charge in [-0.05, 0) is 52.5 Å². The zero-order valence-electron chi connectivity index (χ0n) is 17.7. The van der Waals surface area contributed by atoms with Crippen LogP contribution in [-0.2, 0) is 9.53 Å². The summed E-state index contributed by atoms with van der Waals surface area (Å²) in [5, 5.41) is 5.73. The van der Waals surface area contributed by atoms with Gasteiger partial charge in [0.1, 0.15) is 11.6 Å². The van der Waals surface area contributed by atoms with Crippen LogP contribution in [0.5, 0.6) is 0 Å². The van der Waals surface area contributed by atoms with Gasteiger partial charge in [0.2, 0.25) is 5.91 Å². The maximum absolute atomic E-state index is 14.2. The number of carbonyl (C=O) groups excluding carboxylic acids is 2. The largest absolute Gasteiger partial charge is 0.444 e.